The molecule has 4 heteroatoms. The predicted molar refractivity (Wildman–Crippen MR) is 57.6 cm³/mol. The minimum absolute atomic E-state index is 0.0143. The van der Waals surface area contributed by atoms with E-state index in [0.29, 0.717) is 12.5 Å². The molecule has 1 heterocycles. The van der Waals surface area contributed by atoms with Gasteiger partial charge in [-0.1, -0.05) is 6.92 Å². The highest BCUT2D eigenvalue weighted by molar-refractivity contribution is 5.69. The number of amides is 1. The molecular weight excluding hydrogens is 194 g/mol. The van der Waals surface area contributed by atoms with Crippen LogP contribution in [-0.2, 0) is 4.74 Å². The summed E-state index contributed by atoms with van der Waals surface area (Å²) in [4.78, 5) is 13.4. The molecule has 0 radical (unpaired) electrons. The fourth-order valence-corrected chi connectivity index (χ4v) is 1.83. The van der Waals surface area contributed by atoms with Gasteiger partial charge in [0.15, 0.2) is 0 Å². The summed E-state index contributed by atoms with van der Waals surface area (Å²) in [6.45, 7) is 8.28. The molecule has 0 bridgehead atoms. The standard InChI is InChI=1S/C11H21NO3/c1-8-5-6-12(9(8)7-13)10(14)15-11(2,3)4/h8-9,13H,5-7H2,1-4H3/t8-,9-/m1/s1. The molecule has 1 N–H and O–H groups in total. The van der Waals surface area contributed by atoms with E-state index in [9.17, 15) is 9.90 Å². The van der Waals surface area contributed by atoms with Gasteiger partial charge < -0.3 is 14.7 Å². The largest absolute Gasteiger partial charge is 0.444 e. The second-order valence-corrected chi connectivity index (χ2v) is 5.19. The molecule has 0 aliphatic carbocycles. The summed E-state index contributed by atoms with van der Waals surface area (Å²) in [7, 11) is 0. The van der Waals surface area contributed by atoms with Gasteiger partial charge in [0.05, 0.1) is 12.6 Å². The Labute approximate surface area is 91.2 Å². The third-order valence-electron chi connectivity index (χ3n) is 2.70. The van der Waals surface area contributed by atoms with Crippen LogP contribution < -0.4 is 0 Å². The van der Waals surface area contributed by atoms with Gasteiger partial charge in [-0.25, -0.2) is 4.79 Å². The van der Waals surface area contributed by atoms with Crippen LogP contribution in [0.1, 0.15) is 34.1 Å². The first-order valence-electron chi connectivity index (χ1n) is 5.45. The van der Waals surface area contributed by atoms with E-state index < -0.39 is 5.60 Å². The lowest BCUT2D eigenvalue weighted by Crippen LogP contribution is -2.42. The van der Waals surface area contributed by atoms with Crippen LogP contribution in [0.15, 0.2) is 0 Å². The number of likely N-dealkylation sites (tertiary alicyclic amines) is 1. The van der Waals surface area contributed by atoms with Crippen LogP contribution in [0.4, 0.5) is 4.79 Å². The number of aliphatic hydroxyl groups excluding tert-OH is 1. The molecule has 4 nitrogen and oxygen atoms in total. The third-order valence-corrected chi connectivity index (χ3v) is 2.70. The first-order chi connectivity index (χ1) is 6.85. The Bertz CT molecular complexity index is 234. The van der Waals surface area contributed by atoms with Crippen LogP contribution in [0.2, 0.25) is 0 Å². The molecule has 1 saturated heterocycles. The van der Waals surface area contributed by atoms with Crippen LogP contribution in [0.3, 0.4) is 0 Å². The summed E-state index contributed by atoms with van der Waals surface area (Å²) in [6.07, 6.45) is 0.621. The monoisotopic (exact) mass is 215 g/mol. The van der Waals surface area contributed by atoms with Gasteiger partial charge in [-0.15, -0.1) is 0 Å². The van der Waals surface area contributed by atoms with Gasteiger partial charge in [0, 0.05) is 6.54 Å². The molecule has 15 heavy (non-hydrogen) atoms. The lowest BCUT2D eigenvalue weighted by molar-refractivity contribution is 0.0151. The average Bonchev–Trinajstić information content (AvgIpc) is 2.43. The van der Waals surface area contributed by atoms with Crippen molar-refractivity contribution >= 4 is 6.09 Å². The summed E-state index contributed by atoms with van der Waals surface area (Å²) in [5.74, 6) is 0.350. The number of carbonyl (C=O) groups excluding carboxylic acids is 1. The molecule has 1 aliphatic heterocycles. The quantitative estimate of drug-likeness (QED) is 0.723. The smallest absolute Gasteiger partial charge is 0.410 e. The molecule has 0 aromatic heterocycles. The van der Waals surface area contributed by atoms with Crippen molar-refractivity contribution in [1.82, 2.24) is 4.90 Å². The minimum Gasteiger partial charge on any atom is -0.444 e. The zero-order valence-corrected chi connectivity index (χ0v) is 9.99. The maximum absolute atomic E-state index is 11.8. The van der Waals surface area contributed by atoms with E-state index in [2.05, 4.69) is 0 Å². The molecule has 0 aromatic carbocycles. The fraction of sp³-hybridized carbons (Fsp3) is 0.909. The van der Waals surface area contributed by atoms with Crippen molar-refractivity contribution in [2.45, 2.75) is 45.8 Å². The van der Waals surface area contributed by atoms with E-state index in [4.69, 9.17) is 4.74 Å². The molecule has 0 spiro atoms. The number of hydrogen-bond acceptors (Lipinski definition) is 3. The zero-order chi connectivity index (χ0) is 11.6. The Morgan fingerprint density at radius 1 is 1.53 bits per heavy atom. The molecule has 88 valence electrons. The van der Waals surface area contributed by atoms with Gasteiger partial charge in [-0.2, -0.15) is 0 Å². The highest BCUT2D eigenvalue weighted by atomic mass is 16.6. The lowest BCUT2D eigenvalue weighted by Gasteiger charge is -2.28. The van der Waals surface area contributed by atoms with E-state index in [1.165, 1.54) is 0 Å². The summed E-state index contributed by atoms with van der Waals surface area (Å²) < 4.78 is 5.28. The molecule has 0 unspecified atom stereocenters. The number of carbonyl (C=O) groups is 1. The minimum atomic E-state index is -0.469. The van der Waals surface area contributed by atoms with Crippen molar-refractivity contribution in [3.8, 4) is 0 Å². The molecule has 2 atom stereocenters. The Balaban J connectivity index is 2.60. The molecule has 0 saturated carbocycles. The van der Waals surface area contributed by atoms with Crippen LogP contribution in [-0.4, -0.2) is 40.9 Å². The number of ether oxygens (including phenoxy) is 1. The van der Waals surface area contributed by atoms with Crippen molar-refractivity contribution in [2.75, 3.05) is 13.2 Å². The number of rotatable bonds is 1. The van der Waals surface area contributed by atoms with E-state index in [1.807, 2.05) is 27.7 Å². The fourth-order valence-electron chi connectivity index (χ4n) is 1.83. The van der Waals surface area contributed by atoms with Gasteiger partial charge in [-0.05, 0) is 33.1 Å². The van der Waals surface area contributed by atoms with Gasteiger partial charge in [0.25, 0.3) is 0 Å². The molecule has 0 aromatic rings. The summed E-state index contributed by atoms with van der Waals surface area (Å²) in [6, 6.07) is -0.0835. The zero-order valence-electron chi connectivity index (χ0n) is 9.99. The molecule has 1 fully saturated rings. The Morgan fingerprint density at radius 3 is 2.60 bits per heavy atom. The van der Waals surface area contributed by atoms with Crippen LogP contribution >= 0.6 is 0 Å². The van der Waals surface area contributed by atoms with Crippen molar-refractivity contribution in [3.05, 3.63) is 0 Å². The number of hydrogen-bond donors (Lipinski definition) is 1. The Morgan fingerprint density at radius 2 is 2.13 bits per heavy atom. The Kier molecular flexibility index (Phi) is 3.60. The maximum Gasteiger partial charge on any atom is 0.410 e. The average molecular weight is 215 g/mol. The van der Waals surface area contributed by atoms with Crippen LogP contribution in [0.5, 0.6) is 0 Å². The van der Waals surface area contributed by atoms with E-state index >= 15 is 0 Å². The predicted octanol–water partition coefficient (Wildman–Crippen LogP) is 1.62. The van der Waals surface area contributed by atoms with E-state index in [1.54, 1.807) is 4.90 Å². The topological polar surface area (TPSA) is 49.8 Å². The number of nitrogens with zero attached hydrogens (tertiary/aromatic N) is 1. The first-order valence-corrected chi connectivity index (χ1v) is 5.45. The van der Waals surface area contributed by atoms with E-state index in [-0.39, 0.29) is 18.7 Å². The highest BCUT2D eigenvalue weighted by Crippen LogP contribution is 2.25. The Hall–Kier alpha value is -0.770. The SMILES string of the molecule is C[C@@H]1CCN(C(=O)OC(C)(C)C)[C@@H]1CO. The number of aliphatic hydroxyl groups is 1. The van der Waals surface area contributed by atoms with Crippen molar-refractivity contribution < 1.29 is 14.6 Å². The third kappa shape index (κ3) is 3.09. The summed E-state index contributed by atoms with van der Waals surface area (Å²) in [5, 5.41) is 9.20. The maximum atomic E-state index is 11.8. The van der Waals surface area contributed by atoms with Crippen molar-refractivity contribution in [1.29, 1.82) is 0 Å². The van der Waals surface area contributed by atoms with E-state index in [0.717, 1.165) is 6.42 Å². The van der Waals surface area contributed by atoms with Gasteiger partial charge in [0.1, 0.15) is 5.60 Å². The molecule has 1 amide bonds. The van der Waals surface area contributed by atoms with Gasteiger partial charge in [-0.3, -0.25) is 0 Å². The second-order valence-electron chi connectivity index (χ2n) is 5.19. The van der Waals surface area contributed by atoms with Gasteiger partial charge >= 0.3 is 6.09 Å². The second kappa shape index (κ2) is 4.39. The van der Waals surface area contributed by atoms with Crippen LogP contribution in [0, 0.1) is 5.92 Å². The van der Waals surface area contributed by atoms with Crippen molar-refractivity contribution in [2.24, 2.45) is 5.92 Å². The summed E-state index contributed by atoms with van der Waals surface area (Å²) in [5.41, 5.74) is -0.469. The van der Waals surface area contributed by atoms with Crippen molar-refractivity contribution in [3.63, 3.8) is 0 Å². The highest BCUT2D eigenvalue weighted by Gasteiger charge is 2.36. The van der Waals surface area contributed by atoms with Gasteiger partial charge in [0.2, 0.25) is 0 Å². The first kappa shape index (κ1) is 12.3. The molecular formula is C11H21NO3. The molecule has 1 rings (SSSR count). The lowest BCUT2D eigenvalue weighted by atomic mass is 10.0. The molecule has 1 aliphatic rings. The van der Waals surface area contributed by atoms with Crippen LogP contribution in [0.25, 0.3) is 0 Å². The summed E-state index contributed by atoms with van der Waals surface area (Å²) >= 11 is 0. The normalized spacial score (nSPS) is 26.9.